The molecule has 0 fully saturated rings. The lowest BCUT2D eigenvalue weighted by Gasteiger charge is -2.15. The summed E-state index contributed by atoms with van der Waals surface area (Å²) in [6.45, 7) is 6.72. The number of ether oxygens (including phenoxy) is 1. The molecule has 128 valence electrons. The van der Waals surface area contributed by atoms with Gasteiger partial charge in [0.15, 0.2) is 0 Å². The van der Waals surface area contributed by atoms with Crippen molar-refractivity contribution in [2.45, 2.75) is 32.6 Å². The van der Waals surface area contributed by atoms with Gasteiger partial charge in [0.05, 0.1) is 18.4 Å². The van der Waals surface area contributed by atoms with Crippen molar-refractivity contribution in [3.05, 3.63) is 65.2 Å². The Hall–Kier alpha value is -1.94. The van der Waals surface area contributed by atoms with Crippen LogP contribution in [0.5, 0.6) is 5.75 Å². The van der Waals surface area contributed by atoms with E-state index in [9.17, 15) is 4.79 Å². The molecule has 1 amide bonds. The van der Waals surface area contributed by atoms with E-state index in [0.29, 0.717) is 12.4 Å². The molecule has 0 heterocycles. The van der Waals surface area contributed by atoms with E-state index in [1.54, 1.807) is 11.8 Å². The second kappa shape index (κ2) is 9.38. The number of thioether (sulfide) groups is 1. The molecule has 1 atom stereocenters. The van der Waals surface area contributed by atoms with Gasteiger partial charge in [-0.1, -0.05) is 36.4 Å². The van der Waals surface area contributed by atoms with Gasteiger partial charge in [-0.3, -0.25) is 4.79 Å². The predicted octanol–water partition coefficient (Wildman–Crippen LogP) is 4.50. The smallest absolute Gasteiger partial charge is 0.230 e. The van der Waals surface area contributed by atoms with Crippen LogP contribution in [-0.2, 0) is 10.5 Å². The van der Waals surface area contributed by atoms with E-state index < -0.39 is 0 Å². The van der Waals surface area contributed by atoms with Crippen molar-refractivity contribution in [3.8, 4) is 5.75 Å². The van der Waals surface area contributed by atoms with Crippen molar-refractivity contribution in [1.29, 1.82) is 0 Å². The van der Waals surface area contributed by atoms with Crippen LogP contribution in [0.25, 0.3) is 0 Å². The van der Waals surface area contributed by atoms with Crippen molar-refractivity contribution in [2.75, 3.05) is 12.4 Å². The quantitative estimate of drug-likeness (QED) is 0.767. The van der Waals surface area contributed by atoms with Gasteiger partial charge >= 0.3 is 0 Å². The van der Waals surface area contributed by atoms with Gasteiger partial charge in [-0.25, -0.2) is 0 Å². The Labute approximate surface area is 148 Å². The number of hydrogen-bond donors (Lipinski definition) is 1. The highest BCUT2D eigenvalue weighted by Crippen LogP contribution is 2.19. The average Bonchev–Trinajstić information content (AvgIpc) is 2.57. The number of aryl methyl sites for hydroxylation is 1. The maximum absolute atomic E-state index is 12.1. The van der Waals surface area contributed by atoms with Crippen LogP contribution < -0.4 is 10.1 Å². The van der Waals surface area contributed by atoms with E-state index in [1.165, 1.54) is 11.1 Å². The Morgan fingerprint density at radius 1 is 1.17 bits per heavy atom. The van der Waals surface area contributed by atoms with Gasteiger partial charge in [0.2, 0.25) is 5.91 Å². The lowest BCUT2D eigenvalue weighted by molar-refractivity contribution is -0.119. The van der Waals surface area contributed by atoms with Crippen molar-refractivity contribution < 1.29 is 9.53 Å². The molecule has 0 saturated heterocycles. The van der Waals surface area contributed by atoms with Crippen LogP contribution in [0.3, 0.4) is 0 Å². The minimum atomic E-state index is -0.00719. The molecule has 1 N–H and O–H groups in total. The van der Waals surface area contributed by atoms with E-state index in [0.717, 1.165) is 17.1 Å². The van der Waals surface area contributed by atoms with Crippen LogP contribution in [0.4, 0.5) is 0 Å². The Kier molecular flexibility index (Phi) is 7.19. The summed E-state index contributed by atoms with van der Waals surface area (Å²) < 4.78 is 5.44. The van der Waals surface area contributed by atoms with E-state index in [2.05, 4.69) is 24.4 Å². The van der Waals surface area contributed by atoms with Gasteiger partial charge in [0.1, 0.15) is 5.75 Å². The van der Waals surface area contributed by atoms with E-state index in [-0.39, 0.29) is 11.9 Å². The van der Waals surface area contributed by atoms with Crippen molar-refractivity contribution in [3.63, 3.8) is 0 Å². The fourth-order valence-corrected chi connectivity index (χ4v) is 3.33. The topological polar surface area (TPSA) is 38.3 Å². The Morgan fingerprint density at radius 2 is 1.88 bits per heavy atom. The first-order valence-corrected chi connectivity index (χ1v) is 9.40. The average molecular weight is 343 g/mol. The van der Waals surface area contributed by atoms with Crippen LogP contribution in [0.15, 0.2) is 48.5 Å². The number of carbonyl (C=O) groups is 1. The number of hydrogen-bond acceptors (Lipinski definition) is 3. The van der Waals surface area contributed by atoms with Crippen LogP contribution in [0.2, 0.25) is 0 Å². The van der Waals surface area contributed by atoms with Gasteiger partial charge in [0.25, 0.3) is 0 Å². The SMILES string of the molecule is CCOc1ccc([C@H](C)NC(=O)CSCc2ccccc2C)cc1. The predicted molar refractivity (Wildman–Crippen MR) is 102 cm³/mol. The van der Waals surface area contributed by atoms with E-state index >= 15 is 0 Å². The van der Waals surface area contributed by atoms with Crippen molar-refractivity contribution in [2.24, 2.45) is 0 Å². The van der Waals surface area contributed by atoms with Gasteiger partial charge in [0, 0.05) is 5.75 Å². The van der Waals surface area contributed by atoms with Gasteiger partial charge < -0.3 is 10.1 Å². The Morgan fingerprint density at radius 3 is 2.54 bits per heavy atom. The number of benzene rings is 2. The van der Waals surface area contributed by atoms with E-state index in [1.807, 2.05) is 50.2 Å². The monoisotopic (exact) mass is 343 g/mol. The molecule has 4 heteroatoms. The molecule has 24 heavy (non-hydrogen) atoms. The third-order valence-corrected chi connectivity index (χ3v) is 4.80. The second-order valence-corrected chi connectivity index (χ2v) is 6.70. The van der Waals surface area contributed by atoms with Gasteiger partial charge in [-0.2, -0.15) is 0 Å². The van der Waals surface area contributed by atoms with Crippen molar-refractivity contribution in [1.82, 2.24) is 5.32 Å². The fraction of sp³-hybridized carbons (Fsp3) is 0.350. The molecule has 2 rings (SSSR count). The minimum absolute atomic E-state index is 0.00719. The lowest BCUT2D eigenvalue weighted by Crippen LogP contribution is -2.28. The zero-order valence-electron chi connectivity index (χ0n) is 14.5. The normalized spacial score (nSPS) is 11.8. The molecule has 0 spiro atoms. The zero-order chi connectivity index (χ0) is 17.4. The maximum Gasteiger partial charge on any atom is 0.230 e. The lowest BCUT2D eigenvalue weighted by atomic mass is 10.1. The molecule has 0 bridgehead atoms. The molecule has 2 aromatic rings. The first-order valence-electron chi connectivity index (χ1n) is 8.24. The standard InChI is InChI=1S/C20H25NO2S/c1-4-23-19-11-9-17(10-12-19)16(3)21-20(22)14-24-13-18-8-6-5-7-15(18)2/h5-12,16H,4,13-14H2,1-3H3,(H,21,22)/t16-/m0/s1. The van der Waals surface area contributed by atoms with Crippen LogP contribution in [0.1, 0.15) is 36.6 Å². The molecule has 0 radical (unpaired) electrons. The first kappa shape index (κ1) is 18.4. The van der Waals surface area contributed by atoms with Gasteiger partial charge in [-0.05, 0) is 49.6 Å². The molecule has 0 aromatic heterocycles. The number of rotatable bonds is 8. The minimum Gasteiger partial charge on any atom is -0.494 e. The summed E-state index contributed by atoms with van der Waals surface area (Å²) >= 11 is 1.64. The van der Waals surface area contributed by atoms with E-state index in [4.69, 9.17) is 4.74 Å². The summed E-state index contributed by atoms with van der Waals surface area (Å²) in [5, 5.41) is 3.05. The third-order valence-electron chi connectivity index (χ3n) is 3.82. The summed E-state index contributed by atoms with van der Waals surface area (Å²) in [7, 11) is 0. The summed E-state index contributed by atoms with van der Waals surface area (Å²) in [4.78, 5) is 12.1. The second-order valence-electron chi connectivity index (χ2n) is 5.71. The molecule has 3 nitrogen and oxygen atoms in total. The molecule has 2 aromatic carbocycles. The maximum atomic E-state index is 12.1. The Bertz CT molecular complexity index is 655. The molecule has 0 saturated carbocycles. The highest BCUT2D eigenvalue weighted by atomic mass is 32.2. The fourth-order valence-electron chi connectivity index (χ4n) is 2.41. The highest BCUT2D eigenvalue weighted by Gasteiger charge is 2.10. The molecule has 0 aliphatic rings. The Balaban J connectivity index is 1.78. The summed E-state index contributed by atoms with van der Waals surface area (Å²) in [5.41, 5.74) is 3.64. The highest BCUT2D eigenvalue weighted by molar-refractivity contribution is 7.99. The first-order chi connectivity index (χ1) is 11.6. The van der Waals surface area contributed by atoms with Crippen LogP contribution in [0, 0.1) is 6.92 Å². The van der Waals surface area contributed by atoms with Gasteiger partial charge in [-0.15, -0.1) is 11.8 Å². The molecule has 0 aliphatic heterocycles. The zero-order valence-corrected chi connectivity index (χ0v) is 15.4. The summed E-state index contributed by atoms with van der Waals surface area (Å²) in [5.74, 6) is 2.25. The molecular weight excluding hydrogens is 318 g/mol. The van der Waals surface area contributed by atoms with Crippen molar-refractivity contribution >= 4 is 17.7 Å². The molecular formula is C20H25NO2S. The summed E-state index contributed by atoms with van der Waals surface area (Å²) in [6.07, 6.45) is 0. The number of carbonyl (C=O) groups excluding carboxylic acids is 1. The molecule has 0 aliphatic carbocycles. The summed E-state index contributed by atoms with van der Waals surface area (Å²) in [6, 6.07) is 16.2. The molecule has 0 unspecified atom stereocenters. The third kappa shape index (κ3) is 5.60. The number of nitrogens with one attached hydrogen (secondary N) is 1. The largest absolute Gasteiger partial charge is 0.494 e. The van der Waals surface area contributed by atoms with Crippen LogP contribution in [-0.4, -0.2) is 18.3 Å². The number of amides is 1. The van der Waals surface area contributed by atoms with Crippen LogP contribution >= 0.6 is 11.8 Å².